The number of para-hydroxylation sites is 2. The molecule has 8 aromatic rings. The summed E-state index contributed by atoms with van der Waals surface area (Å²) >= 11 is 0. The van der Waals surface area contributed by atoms with Crippen molar-refractivity contribution in [2.75, 3.05) is 0 Å². The minimum Gasteiger partial charge on any atom is -0.458 e. The molecule has 7 aromatic carbocycles. The van der Waals surface area contributed by atoms with Gasteiger partial charge in [0.25, 0.3) is 6.71 Å². The molecule has 6 saturated carbocycles. The van der Waals surface area contributed by atoms with E-state index >= 15 is 0 Å². The molecular formula is C58H50BNO2. The molecule has 0 N–H and O–H groups in total. The average molecular weight is 828 g/mol. The Morgan fingerprint density at radius 1 is 0.468 bits per heavy atom. The highest BCUT2D eigenvalue weighted by atomic mass is 16.5. The van der Waals surface area contributed by atoms with Crippen molar-refractivity contribution in [3.05, 3.63) is 156 Å². The maximum absolute atomic E-state index is 10.3. The van der Waals surface area contributed by atoms with Gasteiger partial charge in [-0.1, -0.05) is 109 Å². The number of ether oxygens (including phenoxy) is 2. The van der Waals surface area contributed by atoms with Crippen LogP contribution in [0.4, 0.5) is 0 Å². The van der Waals surface area contributed by atoms with Gasteiger partial charge in [0, 0.05) is 28.3 Å². The Kier molecular flexibility index (Phi) is 4.19. The summed E-state index contributed by atoms with van der Waals surface area (Å²) in [5.41, 5.74) is -5.17. The van der Waals surface area contributed by atoms with Gasteiger partial charge in [0.1, 0.15) is 23.0 Å². The quantitative estimate of drug-likeness (QED) is 0.161. The molecule has 3 nitrogen and oxygen atoms in total. The second-order valence-electron chi connectivity index (χ2n) is 18.1. The minimum atomic E-state index is -1.75. The molecule has 0 saturated heterocycles. The van der Waals surface area contributed by atoms with Gasteiger partial charge in [0.05, 0.1) is 49.6 Å². The molecule has 0 unspecified atom stereocenters. The van der Waals surface area contributed by atoms with E-state index in [1.807, 2.05) is 0 Å². The first-order valence-corrected chi connectivity index (χ1v) is 21.7. The predicted molar refractivity (Wildman–Crippen MR) is 255 cm³/mol. The average Bonchev–Trinajstić information content (AvgIpc) is 1.03. The molecule has 1 aromatic heterocycles. The number of hydrogen-bond donors (Lipinski definition) is 0. The molecule has 16 rings (SSSR count). The summed E-state index contributed by atoms with van der Waals surface area (Å²) in [5, 5.41) is -0.802. The van der Waals surface area contributed by atoms with E-state index in [1.54, 1.807) is 0 Å². The van der Waals surface area contributed by atoms with E-state index in [-0.39, 0.29) is 50.7 Å². The molecule has 62 heavy (non-hydrogen) atoms. The first-order valence-electron chi connectivity index (χ1n) is 33.7. The van der Waals surface area contributed by atoms with Crippen molar-refractivity contribution in [2.24, 2.45) is 11.8 Å². The zero-order valence-electron chi connectivity index (χ0n) is 57.5. The third-order valence-electron chi connectivity index (χ3n) is 15.2. The number of rotatable bonds is 5. The van der Waals surface area contributed by atoms with Crippen LogP contribution in [0.5, 0.6) is 23.0 Å². The highest BCUT2D eigenvalue weighted by molar-refractivity contribution is 6.98. The summed E-state index contributed by atoms with van der Waals surface area (Å²) in [7, 11) is 0. The minimum absolute atomic E-state index is 0.179. The van der Waals surface area contributed by atoms with E-state index in [4.69, 9.17) is 23.2 Å². The number of benzene rings is 7. The summed E-state index contributed by atoms with van der Waals surface area (Å²) in [6, 6.07) is -16.3. The molecule has 8 aliphatic rings. The van der Waals surface area contributed by atoms with Crippen LogP contribution in [0.25, 0.3) is 49.7 Å². The van der Waals surface area contributed by atoms with Crippen LogP contribution in [0.1, 0.15) is 121 Å². The lowest BCUT2D eigenvalue weighted by Crippen LogP contribution is -2.57. The van der Waals surface area contributed by atoms with Crippen molar-refractivity contribution >= 4 is 44.9 Å². The van der Waals surface area contributed by atoms with E-state index in [0.29, 0.717) is 50.4 Å². The maximum Gasteiger partial charge on any atom is 0.260 e. The Balaban J connectivity index is 1.13. The van der Waals surface area contributed by atoms with Gasteiger partial charge in [-0.3, -0.25) is 0 Å². The lowest BCUT2D eigenvalue weighted by atomic mass is 9.34. The van der Waals surface area contributed by atoms with E-state index in [2.05, 4.69) is 0 Å². The Bertz CT molecular complexity index is 4220. The Morgan fingerprint density at radius 3 is 1.35 bits per heavy atom. The van der Waals surface area contributed by atoms with Gasteiger partial charge in [-0.2, -0.15) is 0 Å². The van der Waals surface area contributed by atoms with Crippen molar-refractivity contribution < 1.29 is 42.4 Å². The van der Waals surface area contributed by atoms with Gasteiger partial charge in [0.2, 0.25) is 0 Å². The topological polar surface area (TPSA) is 23.4 Å². The molecule has 6 fully saturated rings. The molecule has 302 valence electrons. The van der Waals surface area contributed by atoms with Crippen LogP contribution in [0.15, 0.2) is 145 Å². The van der Waals surface area contributed by atoms with E-state index in [9.17, 15) is 19.2 Å². The second-order valence-corrected chi connectivity index (χ2v) is 18.1. The molecule has 0 radical (unpaired) electrons. The monoisotopic (exact) mass is 828 g/mol. The first-order chi connectivity index (χ1) is 40.6. The lowest BCUT2D eigenvalue weighted by molar-refractivity contribution is 0.136. The standard InChI is InChI=1S/C58H50BNO2/c1-5-13-46(57-27-21-37(22-28-57)23-29-57)42(9-1)39-17-19-48-52(33-39)61-54-35-41(60-50-15-7-3-11-44(50)45-12-4-8-16-51(45)60)36-55-56(54)59(48)49-20-18-40(34-53(49)62-55)43-10-2-6-14-47(43)58-30-24-38(25-31-58)26-32-58/h1-20,33-38H,21-32H2/i1D,2D,3D,4D,5D,6D,7D,8D,9D,10D,11D,12D,13D,14D,15D,16D,17D,18D,19D,20D,33D,34D,35D,36D. The van der Waals surface area contributed by atoms with E-state index in [1.165, 1.54) is 0 Å². The summed E-state index contributed by atoms with van der Waals surface area (Å²) in [4.78, 5) is 0. The zero-order valence-corrected chi connectivity index (χ0v) is 33.5. The van der Waals surface area contributed by atoms with Crippen molar-refractivity contribution in [3.63, 3.8) is 0 Å². The maximum atomic E-state index is 10.3. The Hall–Kier alpha value is -6.00. The van der Waals surface area contributed by atoms with Gasteiger partial charge in [0.15, 0.2) is 0 Å². The van der Waals surface area contributed by atoms with Crippen LogP contribution in [-0.2, 0) is 10.8 Å². The van der Waals surface area contributed by atoms with Crippen LogP contribution < -0.4 is 25.9 Å². The largest absolute Gasteiger partial charge is 0.458 e. The molecule has 4 bridgehead atoms. The summed E-state index contributed by atoms with van der Waals surface area (Å²) < 4.78 is 241. The van der Waals surface area contributed by atoms with Crippen molar-refractivity contribution in [1.82, 2.24) is 4.57 Å². The second kappa shape index (κ2) is 13.3. The number of fused-ring (bicyclic) bond motifs is 13. The molecular weight excluding hydrogens is 753 g/mol. The predicted octanol–water partition coefficient (Wildman–Crippen LogP) is 13.3. The molecule has 0 atom stereocenters. The van der Waals surface area contributed by atoms with Gasteiger partial charge in [-0.25, -0.2) is 0 Å². The third-order valence-corrected chi connectivity index (χ3v) is 15.2. The number of nitrogens with zero attached hydrogens (tertiary/aromatic N) is 1. The molecule has 3 heterocycles. The lowest BCUT2D eigenvalue weighted by Gasteiger charge is -2.48. The van der Waals surface area contributed by atoms with Gasteiger partial charge >= 0.3 is 0 Å². The number of hydrogen-bond acceptors (Lipinski definition) is 2. The molecule has 2 aliphatic heterocycles. The summed E-state index contributed by atoms with van der Waals surface area (Å²) in [5.74, 6) is -1.50. The van der Waals surface area contributed by atoms with E-state index < -0.39 is 212 Å². The molecule has 6 aliphatic carbocycles. The highest BCUT2D eigenvalue weighted by Gasteiger charge is 2.45. The number of aromatic nitrogens is 1. The normalized spacial score (nSPS) is 29.5. The summed E-state index contributed by atoms with van der Waals surface area (Å²) in [6.07, 6.45) is 7.86. The van der Waals surface area contributed by atoms with Gasteiger partial charge < -0.3 is 14.0 Å². The van der Waals surface area contributed by atoms with Gasteiger partial charge in [-0.15, -0.1) is 0 Å². The van der Waals surface area contributed by atoms with Gasteiger partial charge in [-0.05, 0) is 168 Å². The van der Waals surface area contributed by atoms with Crippen molar-refractivity contribution in [3.8, 4) is 50.9 Å². The molecule has 0 spiro atoms. The fourth-order valence-corrected chi connectivity index (χ4v) is 12.0. The fourth-order valence-electron chi connectivity index (χ4n) is 12.0. The van der Waals surface area contributed by atoms with Crippen LogP contribution in [0, 0.1) is 11.8 Å². The van der Waals surface area contributed by atoms with Crippen LogP contribution in [0.3, 0.4) is 0 Å². The van der Waals surface area contributed by atoms with Crippen molar-refractivity contribution in [2.45, 2.75) is 87.9 Å². The SMILES string of the molecule is [2H]c1c([2H])c([2H])c(C23CCC(CC2)CC3)c(-c2c([2H])c([2H])c3c(c2[2H])Oc2c([2H])c(-n4c5c([2H])c([2H])c([2H])c([2H])c5c5c([2H])c([2H])c([2H])c([2H])c54)c([2H])c4c2B3c2c([2H])c([2H])c(-c3c([2H])c([2H])c([2H])c([2H])c3C35CCC(CC3)CC5)c([2H])c2O4)c1[2H]. The van der Waals surface area contributed by atoms with Crippen LogP contribution >= 0.6 is 0 Å². The Labute approximate surface area is 398 Å². The Morgan fingerprint density at radius 2 is 0.887 bits per heavy atom. The van der Waals surface area contributed by atoms with Crippen LogP contribution in [-0.4, -0.2) is 11.3 Å². The van der Waals surface area contributed by atoms with Crippen molar-refractivity contribution in [1.29, 1.82) is 0 Å². The first kappa shape index (κ1) is 19.6. The van der Waals surface area contributed by atoms with E-state index in [0.717, 1.165) is 43.1 Å². The summed E-state index contributed by atoms with van der Waals surface area (Å²) in [6.45, 7) is -1.75. The highest BCUT2D eigenvalue weighted by Crippen LogP contribution is 2.55. The molecule has 4 heteroatoms. The zero-order chi connectivity index (χ0) is 61.5. The van der Waals surface area contributed by atoms with Crippen LogP contribution in [0.2, 0.25) is 0 Å². The smallest absolute Gasteiger partial charge is 0.260 e. The fraction of sp³-hybridized carbons (Fsp3) is 0.276. The molecule has 0 amide bonds. The third kappa shape index (κ3) is 5.13.